The van der Waals surface area contributed by atoms with Crippen molar-refractivity contribution in [3.8, 4) is 5.75 Å². The molecule has 0 atom stereocenters. The van der Waals surface area contributed by atoms with Gasteiger partial charge in [0.15, 0.2) is 0 Å². The van der Waals surface area contributed by atoms with Gasteiger partial charge < -0.3 is 20.5 Å². The zero-order chi connectivity index (χ0) is 17.2. The first kappa shape index (κ1) is 19.2. The van der Waals surface area contributed by atoms with E-state index in [2.05, 4.69) is 38.7 Å². The third kappa shape index (κ3) is 6.79. The molecule has 0 aromatic heterocycles. The summed E-state index contributed by atoms with van der Waals surface area (Å²) in [6.45, 7) is 3.79. The maximum absolute atomic E-state index is 8.68. The van der Waals surface area contributed by atoms with Crippen molar-refractivity contribution in [2.24, 2.45) is 0 Å². The van der Waals surface area contributed by atoms with E-state index in [1.54, 1.807) is 0 Å². The molecular formula is C18H22BrClN2O2. The van der Waals surface area contributed by atoms with Crippen LogP contribution >= 0.6 is 27.5 Å². The van der Waals surface area contributed by atoms with Crippen molar-refractivity contribution in [2.75, 3.05) is 26.2 Å². The molecule has 0 radical (unpaired) electrons. The molecule has 4 nitrogen and oxygen atoms in total. The highest BCUT2D eigenvalue weighted by Crippen LogP contribution is 2.27. The first-order chi connectivity index (χ1) is 11.7. The molecule has 0 aliphatic rings. The van der Waals surface area contributed by atoms with Crippen LogP contribution in [0.1, 0.15) is 11.1 Å². The quantitative estimate of drug-likeness (QED) is 0.523. The SMILES string of the molecule is OCCNCCNCc1ccc(OCc2ccc(Cl)cc2)c(Br)c1. The van der Waals surface area contributed by atoms with Crippen LogP contribution in [-0.2, 0) is 13.2 Å². The van der Waals surface area contributed by atoms with Crippen molar-refractivity contribution in [3.05, 3.63) is 63.1 Å². The molecule has 130 valence electrons. The minimum atomic E-state index is 0.171. The van der Waals surface area contributed by atoms with Gasteiger partial charge in [0.05, 0.1) is 11.1 Å². The third-order valence-electron chi connectivity index (χ3n) is 3.40. The number of aliphatic hydroxyl groups is 1. The Labute approximate surface area is 156 Å². The Morgan fingerprint density at radius 2 is 1.67 bits per heavy atom. The van der Waals surface area contributed by atoms with E-state index in [0.717, 1.165) is 40.4 Å². The van der Waals surface area contributed by atoms with Gasteiger partial charge in [0, 0.05) is 31.2 Å². The van der Waals surface area contributed by atoms with Gasteiger partial charge in [0.25, 0.3) is 0 Å². The maximum Gasteiger partial charge on any atom is 0.134 e. The molecule has 3 N–H and O–H groups in total. The molecule has 0 heterocycles. The molecule has 0 saturated heterocycles. The van der Waals surface area contributed by atoms with E-state index in [9.17, 15) is 0 Å². The third-order valence-corrected chi connectivity index (χ3v) is 4.27. The molecule has 0 fully saturated rings. The number of hydrogen-bond acceptors (Lipinski definition) is 4. The van der Waals surface area contributed by atoms with E-state index in [4.69, 9.17) is 21.4 Å². The van der Waals surface area contributed by atoms with E-state index in [-0.39, 0.29) is 6.61 Å². The number of aliphatic hydroxyl groups excluding tert-OH is 1. The van der Waals surface area contributed by atoms with Crippen molar-refractivity contribution in [3.63, 3.8) is 0 Å². The topological polar surface area (TPSA) is 53.5 Å². The van der Waals surface area contributed by atoms with Crippen LogP contribution < -0.4 is 15.4 Å². The van der Waals surface area contributed by atoms with Crippen LogP contribution in [0, 0.1) is 0 Å². The molecule has 2 rings (SSSR count). The lowest BCUT2D eigenvalue weighted by Crippen LogP contribution is -2.28. The van der Waals surface area contributed by atoms with Crippen LogP contribution in [-0.4, -0.2) is 31.3 Å². The second-order valence-electron chi connectivity index (χ2n) is 5.33. The molecule has 2 aromatic rings. The first-order valence-electron chi connectivity index (χ1n) is 7.87. The van der Waals surface area contributed by atoms with Gasteiger partial charge >= 0.3 is 0 Å². The van der Waals surface area contributed by atoms with E-state index in [1.807, 2.05) is 30.3 Å². The maximum atomic E-state index is 8.68. The Balaban J connectivity index is 1.77. The molecule has 0 saturated carbocycles. The molecule has 24 heavy (non-hydrogen) atoms. The predicted molar refractivity (Wildman–Crippen MR) is 102 cm³/mol. The van der Waals surface area contributed by atoms with Crippen molar-refractivity contribution in [1.82, 2.24) is 10.6 Å². The van der Waals surface area contributed by atoms with Gasteiger partial charge in [0.1, 0.15) is 12.4 Å². The zero-order valence-electron chi connectivity index (χ0n) is 13.4. The number of nitrogens with one attached hydrogen (secondary N) is 2. The summed E-state index contributed by atoms with van der Waals surface area (Å²) in [5.41, 5.74) is 2.26. The standard InChI is InChI=1S/C18H22BrClN2O2/c19-17-11-15(12-22-8-7-21-9-10-23)3-6-18(17)24-13-14-1-4-16(20)5-2-14/h1-6,11,21-23H,7-10,12-13H2. The fraction of sp³-hybridized carbons (Fsp3) is 0.333. The smallest absolute Gasteiger partial charge is 0.134 e. The molecule has 0 bridgehead atoms. The van der Waals surface area contributed by atoms with Gasteiger partial charge in [-0.15, -0.1) is 0 Å². The van der Waals surface area contributed by atoms with Crippen molar-refractivity contribution in [2.45, 2.75) is 13.2 Å². The lowest BCUT2D eigenvalue weighted by molar-refractivity contribution is 0.292. The van der Waals surface area contributed by atoms with Crippen LogP contribution in [0.3, 0.4) is 0 Å². The minimum absolute atomic E-state index is 0.171. The highest BCUT2D eigenvalue weighted by molar-refractivity contribution is 9.10. The van der Waals surface area contributed by atoms with Crippen LogP contribution in [0.4, 0.5) is 0 Å². The van der Waals surface area contributed by atoms with Crippen LogP contribution in [0.5, 0.6) is 5.75 Å². The van der Waals surface area contributed by atoms with Crippen molar-refractivity contribution in [1.29, 1.82) is 0 Å². The fourth-order valence-corrected chi connectivity index (χ4v) is 2.79. The zero-order valence-corrected chi connectivity index (χ0v) is 15.7. The summed E-state index contributed by atoms with van der Waals surface area (Å²) >= 11 is 9.44. The van der Waals surface area contributed by atoms with Crippen LogP contribution in [0.15, 0.2) is 46.9 Å². The van der Waals surface area contributed by atoms with E-state index in [0.29, 0.717) is 13.2 Å². The van der Waals surface area contributed by atoms with Gasteiger partial charge in [-0.2, -0.15) is 0 Å². The average Bonchev–Trinajstić information content (AvgIpc) is 2.59. The molecular weight excluding hydrogens is 392 g/mol. The van der Waals surface area contributed by atoms with Gasteiger partial charge in [-0.3, -0.25) is 0 Å². The Morgan fingerprint density at radius 1 is 0.958 bits per heavy atom. The lowest BCUT2D eigenvalue weighted by Gasteiger charge is -2.11. The van der Waals surface area contributed by atoms with E-state index < -0.39 is 0 Å². The molecule has 0 amide bonds. The van der Waals surface area contributed by atoms with Gasteiger partial charge in [-0.1, -0.05) is 29.8 Å². The normalized spacial score (nSPS) is 10.8. The predicted octanol–water partition coefficient (Wildman–Crippen LogP) is 3.35. The largest absolute Gasteiger partial charge is 0.488 e. The lowest BCUT2D eigenvalue weighted by atomic mass is 10.2. The molecule has 6 heteroatoms. The molecule has 2 aromatic carbocycles. The van der Waals surface area contributed by atoms with Gasteiger partial charge in [-0.25, -0.2) is 0 Å². The minimum Gasteiger partial charge on any atom is -0.488 e. The van der Waals surface area contributed by atoms with E-state index in [1.165, 1.54) is 5.56 Å². The van der Waals surface area contributed by atoms with Crippen LogP contribution in [0.25, 0.3) is 0 Å². The Kier molecular flexibility index (Phi) is 8.56. The summed E-state index contributed by atoms with van der Waals surface area (Å²) in [5.74, 6) is 0.818. The van der Waals surface area contributed by atoms with Crippen LogP contribution in [0.2, 0.25) is 5.02 Å². The molecule has 0 aliphatic carbocycles. The van der Waals surface area contributed by atoms with Gasteiger partial charge in [-0.05, 0) is 51.3 Å². The molecule has 0 spiro atoms. The number of ether oxygens (including phenoxy) is 1. The molecule has 0 aliphatic heterocycles. The summed E-state index contributed by atoms with van der Waals surface area (Å²) < 4.78 is 6.78. The van der Waals surface area contributed by atoms with Crippen molar-refractivity contribution >= 4 is 27.5 Å². The second kappa shape index (κ2) is 10.7. The summed E-state index contributed by atoms with van der Waals surface area (Å²) in [7, 11) is 0. The number of halogens is 2. The van der Waals surface area contributed by atoms with Crippen molar-refractivity contribution < 1.29 is 9.84 Å². The summed E-state index contributed by atoms with van der Waals surface area (Å²) in [5, 5.41) is 15.9. The monoisotopic (exact) mass is 412 g/mol. The summed E-state index contributed by atoms with van der Waals surface area (Å²) in [6.07, 6.45) is 0. The highest BCUT2D eigenvalue weighted by atomic mass is 79.9. The van der Waals surface area contributed by atoms with Gasteiger partial charge in [0.2, 0.25) is 0 Å². The average molecular weight is 414 g/mol. The first-order valence-corrected chi connectivity index (χ1v) is 9.04. The summed E-state index contributed by atoms with van der Waals surface area (Å²) in [6, 6.07) is 13.7. The Morgan fingerprint density at radius 3 is 2.38 bits per heavy atom. The highest BCUT2D eigenvalue weighted by Gasteiger charge is 2.04. The Hall–Kier alpha value is -1.11. The number of benzene rings is 2. The second-order valence-corrected chi connectivity index (χ2v) is 6.62. The van der Waals surface area contributed by atoms with E-state index >= 15 is 0 Å². The number of rotatable bonds is 10. The summed E-state index contributed by atoms with van der Waals surface area (Å²) in [4.78, 5) is 0. The molecule has 0 unspecified atom stereocenters. The number of hydrogen-bond donors (Lipinski definition) is 3. The Bertz CT molecular complexity index is 623. The fourth-order valence-electron chi connectivity index (χ4n) is 2.13.